The Morgan fingerprint density at radius 2 is 2.03 bits per heavy atom. The minimum absolute atomic E-state index is 0.134. The van der Waals surface area contributed by atoms with Crippen LogP contribution in [-0.4, -0.2) is 43.8 Å². The standard InChI is InChI=1S/C22H25F3N2O5/c23-22(24,25)32-17-8-4-7-16(13-17)27-12-10-18(20(27)29)21(30)31-14-19(28)26-11-9-15-5-2-1-3-6-15/h4-5,7-8,13,18H,1-3,6,9-12,14H2,(H,26,28). The third-order valence-corrected chi connectivity index (χ3v) is 5.35. The number of ether oxygens (including phenoxy) is 2. The SMILES string of the molecule is O=C(COC(=O)C1CCN(c2cccc(OC(F)(F)F)c2)C1=O)NCCC1=CCCCC1. The summed E-state index contributed by atoms with van der Waals surface area (Å²) in [6.45, 7) is 0.0979. The molecule has 1 N–H and O–H groups in total. The molecule has 2 amide bonds. The molecule has 174 valence electrons. The molecule has 7 nitrogen and oxygen atoms in total. The molecule has 1 aliphatic carbocycles. The fraction of sp³-hybridized carbons (Fsp3) is 0.500. The van der Waals surface area contributed by atoms with Crippen molar-refractivity contribution in [2.24, 2.45) is 5.92 Å². The van der Waals surface area contributed by atoms with Crippen molar-refractivity contribution in [3.05, 3.63) is 35.9 Å². The van der Waals surface area contributed by atoms with Gasteiger partial charge >= 0.3 is 12.3 Å². The van der Waals surface area contributed by atoms with Crippen LogP contribution in [0.1, 0.15) is 38.5 Å². The van der Waals surface area contributed by atoms with Crippen LogP contribution in [0.5, 0.6) is 5.75 Å². The number of amides is 2. The van der Waals surface area contributed by atoms with E-state index in [1.807, 2.05) is 0 Å². The van der Waals surface area contributed by atoms with E-state index in [2.05, 4.69) is 16.1 Å². The summed E-state index contributed by atoms with van der Waals surface area (Å²) in [5.74, 6) is -3.44. The molecule has 0 radical (unpaired) electrons. The lowest BCUT2D eigenvalue weighted by molar-refractivity contribution is -0.274. The molecule has 10 heteroatoms. The van der Waals surface area contributed by atoms with E-state index >= 15 is 0 Å². The highest BCUT2D eigenvalue weighted by molar-refractivity contribution is 6.08. The number of hydrogen-bond acceptors (Lipinski definition) is 5. The van der Waals surface area contributed by atoms with Crippen molar-refractivity contribution < 1.29 is 37.0 Å². The lowest BCUT2D eigenvalue weighted by Crippen LogP contribution is -2.34. The van der Waals surface area contributed by atoms with Gasteiger partial charge in [0.1, 0.15) is 11.7 Å². The second kappa shape index (κ2) is 10.5. The van der Waals surface area contributed by atoms with Crippen molar-refractivity contribution >= 4 is 23.5 Å². The predicted molar refractivity (Wildman–Crippen MR) is 109 cm³/mol. The molecule has 0 saturated carbocycles. The summed E-state index contributed by atoms with van der Waals surface area (Å²) in [6.07, 6.45) is 2.68. The monoisotopic (exact) mass is 454 g/mol. The van der Waals surface area contributed by atoms with Gasteiger partial charge in [0.2, 0.25) is 5.91 Å². The number of alkyl halides is 3. The Hall–Kier alpha value is -3.04. The van der Waals surface area contributed by atoms with Crippen molar-refractivity contribution in [1.29, 1.82) is 0 Å². The van der Waals surface area contributed by atoms with E-state index in [-0.39, 0.29) is 18.7 Å². The molecule has 3 rings (SSSR count). The van der Waals surface area contributed by atoms with Gasteiger partial charge in [0, 0.05) is 24.8 Å². The van der Waals surface area contributed by atoms with Crippen LogP contribution in [0.2, 0.25) is 0 Å². The molecule has 1 aromatic rings. The first-order valence-corrected chi connectivity index (χ1v) is 10.5. The van der Waals surface area contributed by atoms with Gasteiger partial charge in [-0.2, -0.15) is 0 Å². The molecule has 0 spiro atoms. The maximum atomic E-state index is 12.6. The molecule has 1 aromatic carbocycles. The van der Waals surface area contributed by atoms with Gasteiger partial charge < -0.3 is 19.7 Å². The smallest absolute Gasteiger partial charge is 0.455 e. The number of hydrogen-bond donors (Lipinski definition) is 1. The Kier molecular flexibility index (Phi) is 7.76. The number of carbonyl (C=O) groups is 3. The van der Waals surface area contributed by atoms with Crippen molar-refractivity contribution in [1.82, 2.24) is 5.32 Å². The Morgan fingerprint density at radius 3 is 2.75 bits per heavy atom. The van der Waals surface area contributed by atoms with Crippen molar-refractivity contribution in [2.45, 2.75) is 44.9 Å². The van der Waals surface area contributed by atoms with Crippen LogP contribution in [0.3, 0.4) is 0 Å². The summed E-state index contributed by atoms with van der Waals surface area (Å²) in [6, 6.07) is 4.97. The first-order chi connectivity index (χ1) is 15.2. The van der Waals surface area contributed by atoms with Crippen LogP contribution in [0, 0.1) is 5.92 Å². The predicted octanol–water partition coefficient (Wildman–Crippen LogP) is 3.49. The van der Waals surface area contributed by atoms with E-state index in [1.165, 1.54) is 29.0 Å². The quantitative estimate of drug-likeness (QED) is 0.369. The van der Waals surface area contributed by atoms with Gasteiger partial charge in [-0.05, 0) is 50.7 Å². The van der Waals surface area contributed by atoms with Gasteiger partial charge in [-0.1, -0.05) is 17.7 Å². The zero-order valence-electron chi connectivity index (χ0n) is 17.5. The summed E-state index contributed by atoms with van der Waals surface area (Å²) < 4.78 is 46.1. The van der Waals surface area contributed by atoms with Crippen LogP contribution in [0.15, 0.2) is 35.9 Å². The number of anilines is 1. The van der Waals surface area contributed by atoms with E-state index in [9.17, 15) is 27.6 Å². The Labute approximate surface area is 183 Å². The summed E-state index contributed by atoms with van der Waals surface area (Å²) >= 11 is 0. The van der Waals surface area contributed by atoms with Crippen LogP contribution in [0.4, 0.5) is 18.9 Å². The van der Waals surface area contributed by atoms with Crippen LogP contribution < -0.4 is 15.0 Å². The number of halogens is 3. The number of rotatable bonds is 8. The van der Waals surface area contributed by atoms with Gasteiger partial charge in [-0.25, -0.2) is 0 Å². The number of nitrogens with zero attached hydrogens (tertiary/aromatic N) is 1. The molecule has 1 atom stereocenters. The molecule has 0 bridgehead atoms. The van der Waals surface area contributed by atoms with Crippen LogP contribution in [-0.2, 0) is 19.1 Å². The maximum Gasteiger partial charge on any atom is 0.573 e. The highest BCUT2D eigenvalue weighted by Crippen LogP contribution is 2.31. The molecular weight excluding hydrogens is 429 g/mol. The van der Waals surface area contributed by atoms with E-state index in [1.54, 1.807) is 0 Å². The Bertz CT molecular complexity index is 885. The lowest BCUT2D eigenvalue weighted by atomic mass is 9.97. The second-order valence-corrected chi connectivity index (χ2v) is 7.69. The van der Waals surface area contributed by atoms with Crippen molar-refractivity contribution in [2.75, 3.05) is 24.6 Å². The van der Waals surface area contributed by atoms with Gasteiger partial charge in [-0.15, -0.1) is 13.2 Å². The van der Waals surface area contributed by atoms with E-state index < -0.39 is 42.4 Å². The van der Waals surface area contributed by atoms with E-state index in [0.29, 0.717) is 6.54 Å². The summed E-state index contributed by atoms with van der Waals surface area (Å²) in [5, 5.41) is 2.69. The molecular formula is C22H25F3N2O5. The molecule has 32 heavy (non-hydrogen) atoms. The Morgan fingerprint density at radius 1 is 1.22 bits per heavy atom. The minimum atomic E-state index is -4.85. The third kappa shape index (κ3) is 6.73. The van der Waals surface area contributed by atoms with Gasteiger partial charge in [0.15, 0.2) is 6.61 Å². The minimum Gasteiger partial charge on any atom is -0.455 e. The fourth-order valence-corrected chi connectivity index (χ4v) is 3.79. The third-order valence-electron chi connectivity index (χ3n) is 5.35. The largest absolute Gasteiger partial charge is 0.573 e. The number of carbonyl (C=O) groups excluding carboxylic acids is 3. The zero-order valence-corrected chi connectivity index (χ0v) is 17.5. The fourth-order valence-electron chi connectivity index (χ4n) is 3.79. The maximum absolute atomic E-state index is 12.6. The number of nitrogens with one attached hydrogen (secondary N) is 1. The van der Waals surface area contributed by atoms with Crippen molar-refractivity contribution in [3.63, 3.8) is 0 Å². The number of esters is 1. The zero-order chi connectivity index (χ0) is 23.1. The topological polar surface area (TPSA) is 84.9 Å². The average Bonchev–Trinajstić information content (AvgIpc) is 3.13. The molecule has 1 saturated heterocycles. The Balaban J connectivity index is 1.46. The highest BCUT2D eigenvalue weighted by Gasteiger charge is 2.39. The summed E-state index contributed by atoms with van der Waals surface area (Å²) in [5.41, 5.74) is 1.50. The molecule has 1 unspecified atom stereocenters. The molecule has 0 aromatic heterocycles. The van der Waals surface area contributed by atoms with Crippen LogP contribution in [0.25, 0.3) is 0 Å². The van der Waals surface area contributed by atoms with Crippen molar-refractivity contribution in [3.8, 4) is 5.75 Å². The van der Waals surface area contributed by atoms with Gasteiger partial charge in [-0.3, -0.25) is 14.4 Å². The molecule has 1 heterocycles. The number of benzene rings is 1. The normalized spacial score (nSPS) is 18.8. The van der Waals surface area contributed by atoms with E-state index in [4.69, 9.17) is 4.74 Å². The molecule has 2 aliphatic rings. The first kappa shape index (κ1) is 23.6. The van der Waals surface area contributed by atoms with Gasteiger partial charge in [0.05, 0.1) is 0 Å². The molecule has 1 aliphatic heterocycles. The molecule has 1 fully saturated rings. The second-order valence-electron chi connectivity index (χ2n) is 7.69. The summed E-state index contributed by atoms with van der Waals surface area (Å²) in [4.78, 5) is 38.0. The number of allylic oxidation sites excluding steroid dienone is 1. The highest BCUT2D eigenvalue weighted by atomic mass is 19.4. The van der Waals surface area contributed by atoms with Crippen LogP contribution >= 0.6 is 0 Å². The average molecular weight is 454 g/mol. The lowest BCUT2D eigenvalue weighted by Gasteiger charge is -2.18. The van der Waals surface area contributed by atoms with E-state index in [0.717, 1.165) is 37.8 Å². The first-order valence-electron chi connectivity index (χ1n) is 10.5. The summed E-state index contributed by atoms with van der Waals surface area (Å²) in [7, 11) is 0. The van der Waals surface area contributed by atoms with Gasteiger partial charge in [0.25, 0.3) is 5.91 Å².